The molecule has 0 radical (unpaired) electrons. The number of ether oxygens (including phenoxy) is 1. The van der Waals surface area contributed by atoms with Gasteiger partial charge in [-0.1, -0.05) is 18.2 Å². The maximum absolute atomic E-state index is 13.3. The van der Waals surface area contributed by atoms with Crippen LogP contribution in [0.5, 0.6) is 0 Å². The van der Waals surface area contributed by atoms with E-state index in [0.29, 0.717) is 18.7 Å². The van der Waals surface area contributed by atoms with E-state index < -0.39 is 0 Å². The number of nitrogens with zero attached hydrogens (tertiary/aromatic N) is 1. The average molecular weight is 493 g/mol. The summed E-state index contributed by atoms with van der Waals surface area (Å²) < 4.78 is 7.37. The van der Waals surface area contributed by atoms with E-state index in [2.05, 4.69) is 14.9 Å². The smallest absolute Gasteiger partial charge is 0.228 e. The van der Waals surface area contributed by atoms with E-state index in [1.54, 1.807) is 25.1 Å². The Bertz CT molecular complexity index is 1170. The molecule has 1 atom stereocenters. The number of nitrogens with one attached hydrogen (secondary N) is 2. The van der Waals surface area contributed by atoms with Gasteiger partial charge in [-0.3, -0.25) is 9.59 Å². The van der Waals surface area contributed by atoms with E-state index in [-0.39, 0.29) is 11.8 Å². The third-order valence-electron chi connectivity index (χ3n) is 6.17. The van der Waals surface area contributed by atoms with Gasteiger partial charge in [-0.05, 0) is 67.6 Å². The molecule has 1 fully saturated rings. The van der Waals surface area contributed by atoms with Crippen molar-refractivity contribution in [3.63, 3.8) is 0 Å². The summed E-state index contributed by atoms with van der Waals surface area (Å²) in [6.45, 7) is 3.01. The Morgan fingerprint density at radius 2 is 1.97 bits per heavy atom. The van der Waals surface area contributed by atoms with Crippen LogP contribution in [0.15, 0.2) is 59.5 Å². The van der Waals surface area contributed by atoms with Crippen molar-refractivity contribution in [1.82, 2.24) is 4.31 Å². The number of rotatable bonds is 10. The number of aldehydes is 1. The van der Waals surface area contributed by atoms with Crippen LogP contribution in [0.1, 0.15) is 29.6 Å². The number of methoxy groups -OCH3 is 1. The highest BCUT2D eigenvalue weighted by Gasteiger charge is 2.27. The van der Waals surface area contributed by atoms with Crippen molar-refractivity contribution in [2.24, 2.45) is 5.92 Å². The fourth-order valence-corrected chi connectivity index (χ4v) is 5.41. The topological polar surface area (TPSA) is 96.7 Å². The molecule has 1 aliphatic rings. The molecule has 0 bridgehead atoms. The summed E-state index contributed by atoms with van der Waals surface area (Å²) in [7, 11) is 1.68. The molecule has 3 aromatic rings. The molecule has 7 nitrogen and oxygen atoms in total. The predicted octanol–water partition coefficient (Wildman–Crippen LogP) is 5.04. The number of hydrogen-bond acceptors (Lipinski definition) is 7. The summed E-state index contributed by atoms with van der Waals surface area (Å²) in [6.07, 6.45) is 3.52. The first kappa shape index (κ1) is 25.0. The number of anilines is 3. The molecule has 1 heterocycles. The van der Waals surface area contributed by atoms with Gasteiger partial charge in [-0.25, -0.2) is 4.31 Å². The Kier molecular flexibility index (Phi) is 8.63. The number of nitrogen functional groups attached to an aromatic ring is 1. The van der Waals surface area contributed by atoms with Gasteiger partial charge in [0.05, 0.1) is 5.92 Å². The number of nitrogens with two attached hydrogens (primary N) is 1. The largest absolute Gasteiger partial charge is 0.399 e. The van der Waals surface area contributed by atoms with Crippen molar-refractivity contribution in [2.75, 3.05) is 49.7 Å². The lowest BCUT2D eigenvalue weighted by molar-refractivity contribution is -0.120. The highest BCUT2D eigenvalue weighted by Crippen LogP contribution is 2.34. The normalized spacial score (nSPS) is 16.2. The van der Waals surface area contributed by atoms with Crippen LogP contribution in [0.4, 0.5) is 17.1 Å². The molecule has 3 aromatic carbocycles. The number of piperidine rings is 1. The Morgan fingerprint density at radius 1 is 1.17 bits per heavy atom. The minimum absolute atomic E-state index is 0.00576. The zero-order chi connectivity index (χ0) is 24.6. The molecule has 184 valence electrons. The van der Waals surface area contributed by atoms with Gasteiger partial charge in [-0.15, -0.1) is 0 Å². The third-order valence-corrected chi connectivity index (χ3v) is 7.24. The Morgan fingerprint density at radius 3 is 2.74 bits per heavy atom. The van der Waals surface area contributed by atoms with Gasteiger partial charge < -0.3 is 21.1 Å². The van der Waals surface area contributed by atoms with Gasteiger partial charge in [0.25, 0.3) is 0 Å². The fourth-order valence-electron chi connectivity index (χ4n) is 4.38. The zero-order valence-electron chi connectivity index (χ0n) is 20.0. The van der Waals surface area contributed by atoms with Gasteiger partial charge in [0.15, 0.2) is 6.29 Å². The van der Waals surface area contributed by atoms with Gasteiger partial charge in [0.2, 0.25) is 5.91 Å². The van der Waals surface area contributed by atoms with E-state index in [9.17, 15) is 9.59 Å². The molecular formula is C27H32N4O3S. The van der Waals surface area contributed by atoms with E-state index >= 15 is 0 Å². The van der Waals surface area contributed by atoms with Crippen molar-refractivity contribution in [3.8, 4) is 0 Å². The quantitative estimate of drug-likeness (QED) is 0.158. The average Bonchev–Trinajstić information content (AvgIpc) is 2.88. The molecular weight excluding hydrogens is 460 g/mol. The number of carbonyl (C=O) groups excluding carboxylic acids is 2. The molecule has 1 aliphatic heterocycles. The van der Waals surface area contributed by atoms with Gasteiger partial charge in [-0.2, -0.15) is 0 Å². The van der Waals surface area contributed by atoms with E-state index in [1.807, 2.05) is 48.5 Å². The molecule has 0 spiro atoms. The maximum atomic E-state index is 13.3. The Balaban J connectivity index is 1.48. The monoisotopic (exact) mass is 492 g/mol. The van der Waals surface area contributed by atoms with Gasteiger partial charge >= 0.3 is 0 Å². The Hall–Kier alpha value is -3.07. The summed E-state index contributed by atoms with van der Waals surface area (Å²) in [5.74, 6) is -0.104. The number of benzene rings is 3. The minimum Gasteiger partial charge on any atom is -0.399 e. The standard InChI is InChI=1S/C27H32N4O3S/c1-34-16-4-14-29-25-13-12-24(23-7-2-5-20(18-32)26(23)25)30-27(33)19-6-3-15-31(17-19)35-22-10-8-21(28)9-11-22/h2,5,7-13,18-19,29H,3-4,6,14-17,28H2,1H3,(H,30,33). The van der Waals surface area contributed by atoms with E-state index in [1.165, 1.54) is 0 Å². The van der Waals surface area contributed by atoms with Crippen LogP contribution in [-0.4, -0.2) is 49.8 Å². The second-order valence-corrected chi connectivity index (χ2v) is 9.87. The molecule has 1 unspecified atom stereocenters. The summed E-state index contributed by atoms with van der Waals surface area (Å²) >= 11 is 1.66. The van der Waals surface area contributed by atoms with E-state index in [0.717, 1.165) is 71.4 Å². The zero-order valence-corrected chi connectivity index (χ0v) is 20.8. The Labute approximate surface area is 210 Å². The first-order valence-corrected chi connectivity index (χ1v) is 12.7. The lowest BCUT2D eigenvalue weighted by Crippen LogP contribution is -2.37. The molecule has 35 heavy (non-hydrogen) atoms. The van der Waals surface area contributed by atoms with Crippen molar-refractivity contribution in [1.29, 1.82) is 0 Å². The van der Waals surface area contributed by atoms with Gasteiger partial charge in [0.1, 0.15) is 0 Å². The lowest BCUT2D eigenvalue weighted by Gasteiger charge is -2.31. The first-order valence-electron chi connectivity index (χ1n) is 11.9. The number of fused-ring (bicyclic) bond motifs is 1. The van der Waals surface area contributed by atoms with Crippen LogP contribution in [0.3, 0.4) is 0 Å². The van der Waals surface area contributed by atoms with Crippen molar-refractivity contribution in [2.45, 2.75) is 24.2 Å². The number of carbonyl (C=O) groups is 2. The lowest BCUT2D eigenvalue weighted by atomic mass is 9.97. The molecule has 0 saturated carbocycles. The van der Waals surface area contributed by atoms with Crippen LogP contribution < -0.4 is 16.4 Å². The van der Waals surface area contributed by atoms with Crippen LogP contribution in [0.25, 0.3) is 10.8 Å². The molecule has 0 aromatic heterocycles. The highest BCUT2D eigenvalue weighted by molar-refractivity contribution is 7.97. The SMILES string of the molecule is COCCCNc1ccc(NC(=O)C2CCCN(Sc3ccc(N)cc3)C2)c2cccc(C=O)c12. The molecule has 1 amide bonds. The highest BCUT2D eigenvalue weighted by atomic mass is 32.2. The summed E-state index contributed by atoms with van der Waals surface area (Å²) in [5, 5.41) is 8.22. The summed E-state index contributed by atoms with van der Waals surface area (Å²) in [6, 6.07) is 17.2. The van der Waals surface area contributed by atoms with E-state index in [4.69, 9.17) is 10.5 Å². The van der Waals surface area contributed by atoms with Crippen LogP contribution in [0, 0.1) is 5.92 Å². The number of amides is 1. The first-order chi connectivity index (χ1) is 17.1. The second kappa shape index (κ2) is 12.1. The van der Waals surface area contributed by atoms with Crippen molar-refractivity contribution in [3.05, 3.63) is 60.2 Å². The molecule has 4 N–H and O–H groups in total. The maximum Gasteiger partial charge on any atom is 0.228 e. The van der Waals surface area contributed by atoms with Crippen molar-refractivity contribution < 1.29 is 14.3 Å². The van der Waals surface area contributed by atoms with Crippen LogP contribution in [0.2, 0.25) is 0 Å². The van der Waals surface area contributed by atoms with Crippen LogP contribution in [-0.2, 0) is 9.53 Å². The molecule has 8 heteroatoms. The summed E-state index contributed by atoms with van der Waals surface area (Å²) in [5.41, 5.74) is 8.73. The second-order valence-electron chi connectivity index (χ2n) is 8.70. The third kappa shape index (κ3) is 6.33. The minimum atomic E-state index is -0.110. The van der Waals surface area contributed by atoms with Crippen molar-refractivity contribution >= 4 is 52.0 Å². The summed E-state index contributed by atoms with van der Waals surface area (Å²) in [4.78, 5) is 26.2. The predicted molar refractivity (Wildman–Crippen MR) is 144 cm³/mol. The number of hydrogen-bond donors (Lipinski definition) is 3. The van der Waals surface area contributed by atoms with Crippen LogP contribution >= 0.6 is 11.9 Å². The fraction of sp³-hybridized carbons (Fsp3) is 0.333. The van der Waals surface area contributed by atoms with Gasteiger partial charge in [0, 0.05) is 71.6 Å². The molecule has 4 rings (SSSR count). The molecule has 1 saturated heterocycles. The molecule has 0 aliphatic carbocycles.